The van der Waals surface area contributed by atoms with Gasteiger partial charge >= 0.3 is 6.09 Å². The summed E-state index contributed by atoms with van der Waals surface area (Å²) in [7, 11) is 2.08. The lowest BCUT2D eigenvalue weighted by Gasteiger charge is -2.25. The van der Waals surface area contributed by atoms with Crippen LogP contribution < -0.4 is 10.6 Å². The third-order valence-corrected chi connectivity index (χ3v) is 4.55. The van der Waals surface area contributed by atoms with Gasteiger partial charge in [-0.25, -0.2) is 4.79 Å². The highest BCUT2D eigenvalue weighted by atomic mass is 16.4. The maximum Gasteiger partial charge on any atom is 0.411 e. The third kappa shape index (κ3) is 3.51. The van der Waals surface area contributed by atoms with E-state index in [0.29, 0.717) is 23.8 Å². The van der Waals surface area contributed by atoms with Crippen molar-refractivity contribution < 1.29 is 9.90 Å². The Hall–Kier alpha value is -2.53. The fraction of sp³-hybridized carbons (Fsp3) is 0.316. The van der Waals surface area contributed by atoms with E-state index in [0.717, 1.165) is 30.6 Å². The van der Waals surface area contributed by atoms with Crippen molar-refractivity contribution in [2.75, 3.05) is 37.3 Å². The minimum absolute atomic E-state index is 0.361. The molecule has 0 aliphatic carbocycles. The van der Waals surface area contributed by atoms with Gasteiger partial charge in [0.25, 0.3) is 0 Å². The van der Waals surface area contributed by atoms with Crippen LogP contribution in [0.5, 0.6) is 0 Å². The number of nitrogens with zero attached hydrogens (tertiary/aromatic N) is 2. The van der Waals surface area contributed by atoms with Crippen LogP contribution in [0.2, 0.25) is 0 Å². The van der Waals surface area contributed by atoms with Gasteiger partial charge in [0.05, 0.1) is 5.69 Å². The molecule has 5 nitrogen and oxygen atoms in total. The standard InChI is InChI=1S/C19H23N3O2/c1-21-10-9-14(12-21)13-22(19(23)24)18-8-3-2-7-17(18)15-5-4-6-16(20)11-15/h2-8,11,14H,9-10,12-13,20H2,1H3,(H,23,24)/t14-/m1/s1. The Morgan fingerprint density at radius 1 is 1.29 bits per heavy atom. The number of carbonyl (C=O) groups is 1. The summed E-state index contributed by atoms with van der Waals surface area (Å²) in [5.74, 6) is 0.361. The van der Waals surface area contributed by atoms with Gasteiger partial charge in [-0.05, 0) is 49.7 Å². The predicted octanol–water partition coefficient (Wildman–Crippen LogP) is 3.37. The molecule has 5 heteroatoms. The summed E-state index contributed by atoms with van der Waals surface area (Å²) in [5.41, 5.74) is 9.09. The number of anilines is 2. The Bertz CT molecular complexity index is 732. The molecular formula is C19H23N3O2. The second kappa shape index (κ2) is 6.93. The van der Waals surface area contributed by atoms with Crippen LogP contribution in [0.3, 0.4) is 0 Å². The van der Waals surface area contributed by atoms with E-state index < -0.39 is 6.09 Å². The summed E-state index contributed by atoms with van der Waals surface area (Å²) in [4.78, 5) is 15.6. The van der Waals surface area contributed by atoms with Crippen LogP contribution in [0.25, 0.3) is 11.1 Å². The molecule has 0 unspecified atom stereocenters. The van der Waals surface area contributed by atoms with E-state index in [1.165, 1.54) is 4.90 Å². The first-order chi connectivity index (χ1) is 11.5. The molecule has 0 radical (unpaired) electrons. The molecule has 3 rings (SSSR count). The third-order valence-electron chi connectivity index (χ3n) is 4.55. The predicted molar refractivity (Wildman–Crippen MR) is 97.3 cm³/mol. The molecule has 1 atom stereocenters. The number of amides is 1. The van der Waals surface area contributed by atoms with E-state index in [9.17, 15) is 9.90 Å². The van der Waals surface area contributed by atoms with Crippen molar-refractivity contribution in [1.82, 2.24) is 4.90 Å². The molecule has 1 fully saturated rings. The molecule has 3 N–H and O–H groups in total. The topological polar surface area (TPSA) is 69.8 Å². The van der Waals surface area contributed by atoms with E-state index in [-0.39, 0.29) is 0 Å². The number of hydrogen-bond acceptors (Lipinski definition) is 3. The Morgan fingerprint density at radius 3 is 2.75 bits per heavy atom. The fourth-order valence-corrected chi connectivity index (χ4v) is 3.37. The maximum absolute atomic E-state index is 11.9. The van der Waals surface area contributed by atoms with Crippen LogP contribution in [-0.4, -0.2) is 42.8 Å². The number of likely N-dealkylation sites (tertiary alicyclic amines) is 1. The molecule has 1 aliphatic rings. The van der Waals surface area contributed by atoms with Crippen LogP contribution >= 0.6 is 0 Å². The molecule has 0 saturated carbocycles. The van der Waals surface area contributed by atoms with Gasteiger partial charge in [0.15, 0.2) is 0 Å². The van der Waals surface area contributed by atoms with Crippen LogP contribution in [0.4, 0.5) is 16.2 Å². The first-order valence-electron chi connectivity index (χ1n) is 8.18. The van der Waals surface area contributed by atoms with Crippen LogP contribution in [0, 0.1) is 5.92 Å². The first-order valence-corrected chi connectivity index (χ1v) is 8.18. The highest BCUT2D eigenvalue weighted by Gasteiger charge is 2.26. The summed E-state index contributed by atoms with van der Waals surface area (Å²) >= 11 is 0. The van der Waals surface area contributed by atoms with Crippen LogP contribution in [0.1, 0.15) is 6.42 Å². The van der Waals surface area contributed by atoms with Crippen LogP contribution in [-0.2, 0) is 0 Å². The van der Waals surface area contributed by atoms with Gasteiger partial charge in [-0.15, -0.1) is 0 Å². The lowest BCUT2D eigenvalue weighted by Crippen LogP contribution is -2.35. The van der Waals surface area contributed by atoms with Crippen molar-refractivity contribution in [2.45, 2.75) is 6.42 Å². The molecule has 2 aromatic carbocycles. The summed E-state index contributed by atoms with van der Waals surface area (Å²) in [6.45, 7) is 2.47. The van der Waals surface area contributed by atoms with Crippen LogP contribution in [0.15, 0.2) is 48.5 Å². The Kier molecular flexibility index (Phi) is 4.71. The Balaban J connectivity index is 1.95. The maximum atomic E-state index is 11.9. The van der Waals surface area contributed by atoms with Gasteiger partial charge in [0, 0.05) is 24.3 Å². The lowest BCUT2D eigenvalue weighted by molar-refractivity contribution is 0.200. The second-order valence-electron chi connectivity index (χ2n) is 6.45. The SMILES string of the molecule is CN1CC[C@@H](CN(C(=O)O)c2ccccc2-c2cccc(N)c2)C1. The average molecular weight is 325 g/mol. The van der Waals surface area contributed by atoms with Crippen molar-refractivity contribution in [3.05, 3.63) is 48.5 Å². The second-order valence-corrected chi connectivity index (χ2v) is 6.45. The van der Waals surface area contributed by atoms with Gasteiger partial charge in [0.2, 0.25) is 0 Å². The number of nitrogens with two attached hydrogens (primary N) is 1. The Labute approximate surface area is 142 Å². The molecule has 2 aromatic rings. The number of hydrogen-bond donors (Lipinski definition) is 2. The number of para-hydroxylation sites is 1. The quantitative estimate of drug-likeness (QED) is 0.846. The normalized spacial score (nSPS) is 17.8. The molecule has 0 aromatic heterocycles. The summed E-state index contributed by atoms with van der Waals surface area (Å²) < 4.78 is 0. The van der Waals surface area contributed by atoms with Gasteiger partial charge in [-0.2, -0.15) is 0 Å². The molecule has 0 bridgehead atoms. The number of carboxylic acid groups (broad SMARTS) is 1. The average Bonchev–Trinajstić information content (AvgIpc) is 2.97. The largest absolute Gasteiger partial charge is 0.465 e. The molecule has 1 heterocycles. The monoisotopic (exact) mass is 325 g/mol. The molecule has 1 aliphatic heterocycles. The zero-order valence-electron chi connectivity index (χ0n) is 13.9. The Morgan fingerprint density at radius 2 is 2.08 bits per heavy atom. The van der Waals surface area contributed by atoms with Gasteiger partial charge in [0.1, 0.15) is 0 Å². The zero-order valence-corrected chi connectivity index (χ0v) is 13.9. The van der Waals surface area contributed by atoms with Crippen molar-refractivity contribution >= 4 is 17.5 Å². The smallest absolute Gasteiger partial charge is 0.411 e. The lowest BCUT2D eigenvalue weighted by atomic mass is 10.0. The highest BCUT2D eigenvalue weighted by Crippen LogP contribution is 2.33. The molecule has 0 spiro atoms. The highest BCUT2D eigenvalue weighted by molar-refractivity contribution is 5.93. The van der Waals surface area contributed by atoms with Crippen molar-refractivity contribution in [3.63, 3.8) is 0 Å². The summed E-state index contributed by atoms with van der Waals surface area (Å²) in [6.07, 6.45) is 0.113. The van der Waals surface area contributed by atoms with E-state index in [1.54, 1.807) is 0 Å². The van der Waals surface area contributed by atoms with Gasteiger partial charge in [-0.3, -0.25) is 4.90 Å². The van der Waals surface area contributed by atoms with Gasteiger partial charge < -0.3 is 15.7 Å². The molecule has 126 valence electrons. The van der Waals surface area contributed by atoms with E-state index in [1.807, 2.05) is 48.5 Å². The summed E-state index contributed by atoms with van der Waals surface area (Å²) in [5, 5.41) is 9.77. The van der Waals surface area contributed by atoms with Crippen molar-refractivity contribution in [2.24, 2.45) is 5.92 Å². The first kappa shape index (κ1) is 16.3. The minimum Gasteiger partial charge on any atom is -0.465 e. The van der Waals surface area contributed by atoms with E-state index in [4.69, 9.17) is 5.73 Å². The molecular weight excluding hydrogens is 302 g/mol. The summed E-state index contributed by atoms with van der Waals surface area (Å²) in [6, 6.07) is 15.2. The van der Waals surface area contributed by atoms with E-state index in [2.05, 4.69) is 11.9 Å². The van der Waals surface area contributed by atoms with Gasteiger partial charge in [-0.1, -0.05) is 30.3 Å². The number of nitrogen functional groups attached to an aromatic ring is 1. The fourth-order valence-electron chi connectivity index (χ4n) is 3.37. The molecule has 1 saturated heterocycles. The molecule has 24 heavy (non-hydrogen) atoms. The van der Waals surface area contributed by atoms with Crippen molar-refractivity contribution in [3.8, 4) is 11.1 Å². The number of rotatable bonds is 4. The molecule has 1 amide bonds. The number of benzene rings is 2. The minimum atomic E-state index is -0.916. The van der Waals surface area contributed by atoms with E-state index >= 15 is 0 Å². The zero-order chi connectivity index (χ0) is 17.1. The van der Waals surface area contributed by atoms with Crippen molar-refractivity contribution in [1.29, 1.82) is 0 Å².